The van der Waals surface area contributed by atoms with Crippen molar-refractivity contribution in [3.63, 3.8) is 0 Å². The lowest BCUT2D eigenvalue weighted by atomic mass is 10.2. The molecule has 0 heterocycles. The highest BCUT2D eigenvalue weighted by Gasteiger charge is 2.15. The first-order chi connectivity index (χ1) is 9.12. The van der Waals surface area contributed by atoms with Crippen molar-refractivity contribution in [2.45, 2.75) is 32.1 Å². The predicted molar refractivity (Wildman–Crippen MR) is 76.7 cm³/mol. The molecule has 0 bridgehead atoms. The second-order valence-electron chi connectivity index (χ2n) is 4.09. The summed E-state index contributed by atoms with van der Waals surface area (Å²) >= 11 is 0. The molecule has 1 aromatic carbocycles. The average Bonchev–Trinajstić information content (AvgIpc) is 2.28. The Morgan fingerprint density at radius 2 is 1.50 bits per heavy atom. The standard InChI is InChI=1S/C9H12O6S2.C3H8/c1-8-2-4-9(5-3-8)16(10,11)7-6-15-17(12,13)14;1-3-2/h2-5H,6-7H2,1H3,(H,12,13,14);3H2,1-2H3. The van der Waals surface area contributed by atoms with Crippen molar-refractivity contribution in [2.24, 2.45) is 0 Å². The smallest absolute Gasteiger partial charge is 0.264 e. The summed E-state index contributed by atoms with van der Waals surface area (Å²) in [6.07, 6.45) is 1.25. The van der Waals surface area contributed by atoms with Crippen molar-refractivity contribution >= 4 is 20.2 Å². The predicted octanol–water partition coefficient (Wildman–Crippen LogP) is 2.00. The Balaban J connectivity index is 0.00000110. The maximum Gasteiger partial charge on any atom is 0.397 e. The Morgan fingerprint density at radius 1 is 1.05 bits per heavy atom. The zero-order valence-electron chi connectivity index (χ0n) is 11.7. The third kappa shape index (κ3) is 8.26. The highest BCUT2D eigenvalue weighted by Crippen LogP contribution is 2.12. The maximum atomic E-state index is 11.7. The molecule has 0 spiro atoms. The molecule has 0 atom stereocenters. The largest absolute Gasteiger partial charge is 0.397 e. The van der Waals surface area contributed by atoms with E-state index in [2.05, 4.69) is 18.0 Å². The van der Waals surface area contributed by atoms with E-state index in [1.165, 1.54) is 18.6 Å². The minimum atomic E-state index is -4.60. The van der Waals surface area contributed by atoms with Crippen LogP contribution in [-0.4, -0.2) is 33.7 Å². The Morgan fingerprint density at radius 3 is 1.90 bits per heavy atom. The number of benzene rings is 1. The number of hydrogen-bond donors (Lipinski definition) is 1. The molecule has 1 N–H and O–H groups in total. The van der Waals surface area contributed by atoms with Crippen LogP contribution < -0.4 is 0 Å². The highest BCUT2D eigenvalue weighted by atomic mass is 32.3. The molecule has 0 aliphatic heterocycles. The minimum Gasteiger partial charge on any atom is -0.264 e. The summed E-state index contributed by atoms with van der Waals surface area (Å²) in [5.74, 6) is -0.518. The lowest BCUT2D eigenvalue weighted by Crippen LogP contribution is -2.15. The molecule has 0 unspecified atom stereocenters. The van der Waals surface area contributed by atoms with Crippen LogP contribution in [0.25, 0.3) is 0 Å². The lowest BCUT2D eigenvalue weighted by molar-refractivity contribution is 0.284. The van der Waals surface area contributed by atoms with Crippen molar-refractivity contribution in [1.82, 2.24) is 0 Å². The number of hydrogen-bond acceptors (Lipinski definition) is 5. The fourth-order valence-corrected chi connectivity index (χ4v) is 2.60. The monoisotopic (exact) mass is 324 g/mol. The number of sulfone groups is 1. The molecule has 1 aromatic rings. The minimum absolute atomic E-state index is 0.0852. The normalized spacial score (nSPS) is 11.6. The third-order valence-corrected chi connectivity index (χ3v) is 4.12. The molecule has 20 heavy (non-hydrogen) atoms. The number of aryl methyl sites for hydroxylation is 1. The van der Waals surface area contributed by atoms with Crippen LogP contribution in [-0.2, 0) is 24.4 Å². The molecule has 0 aromatic heterocycles. The van der Waals surface area contributed by atoms with Crippen molar-refractivity contribution < 1.29 is 25.6 Å². The van der Waals surface area contributed by atoms with E-state index in [0.29, 0.717) is 0 Å². The summed E-state index contributed by atoms with van der Waals surface area (Å²) in [5, 5.41) is 0. The van der Waals surface area contributed by atoms with Crippen molar-refractivity contribution in [3.05, 3.63) is 29.8 Å². The van der Waals surface area contributed by atoms with Crippen molar-refractivity contribution in [1.29, 1.82) is 0 Å². The van der Waals surface area contributed by atoms with Gasteiger partial charge < -0.3 is 0 Å². The molecule has 0 aliphatic rings. The molecular formula is C12H20O6S2. The van der Waals surface area contributed by atoms with Crippen LogP contribution in [0.3, 0.4) is 0 Å². The van der Waals surface area contributed by atoms with E-state index in [4.69, 9.17) is 4.55 Å². The lowest BCUT2D eigenvalue weighted by Gasteiger charge is -2.04. The third-order valence-electron chi connectivity index (χ3n) is 1.96. The molecule has 8 heteroatoms. The summed E-state index contributed by atoms with van der Waals surface area (Å²) in [7, 11) is -8.20. The molecule has 6 nitrogen and oxygen atoms in total. The van der Waals surface area contributed by atoms with Gasteiger partial charge in [-0.2, -0.15) is 8.42 Å². The molecular weight excluding hydrogens is 304 g/mol. The van der Waals surface area contributed by atoms with Gasteiger partial charge >= 0.3 is 10.4 Å². The summed E-state index contributed by atoms with van der Waals surface area (Å²) in [6, 6.07) is 6.13. The molecule has 0 saturated heterocycles. The van der Waals surface area contributed by atoms with Crippen molar-refractivity contribution in [2.75, 3.05) is 12.4 Å². The van der Waals surface area contributed by atoms with Crippen LogP contribution in [0.15, 0.2) is 29.2 Å². The van der Waals surface area contributed by atoms with Gasteiger partial charge in [0.15, 0.2) is 9.84 Å². The second-order valence-corrected chi connectivity index (χ2v) is 7.29. The van der Waals surface area contributed by atoms with Gasteiger partial charge in [0.25, 0.3) is 0 Å². The van der Waals surface area contributed by atoms with Crippen LogP contribution in [0.2, 0.25) is 0 Å². The van der Waals surface area contributed by atoms with Gasteiger partial charge in [0.1, 0.15) is 0 Å². The molecule has 116 valence electrons. The van der Waals surface area contributed by atoms with Crippen LogP contribution in [0.1, 0.15) is 25.8 Å². The molecule has 1 rings (SSSR count). The fraction of sp³-hybridized carbons (Fsp3) is 0.500. The zero-order valence-corrected chi connectivity index (χ0v) is 13.4. The highest BCUT2D eigenvalue weighted by molar-refractivity contribution is 7.91. The Kier molecular flexibility index (Phi) is 7.95. The maximum absolute atomic E-state index is 11.7. The van der Waals surface area contributed by atoms with Gasteiger partial charge in [0.2, 0.25) is 0 Å². The van der Waals surface area contributed by atoms with E-state index >= 15 is 0 Å². The molecule has 0 saturated carbocycles. The zero-order chi connectivity index (χ0) is 15.8. The topological polar surface area (TPSA) is 97.7 Å². The SMILES string of the molecule is CCC.Cc1ccc(S(=O)(=O)CCOS(=O)(=O)O)cc1. The van der Waals surface area contributed by atoms with E-state index in [1.54, 1.807) is 12.1 Å². The first kappa shape index (κ1) is 19.0. The van der Waals surface area contributed by atoms with Gasteiger partial charge in [-0.05, 0) is 19.1 Å². The summed E-state index contributed by atoms with van der Waals surface area (Å²) in [6.45, 7) is 5.45. The van der Waals surface area contributed by atoms with Gasteiger partial charge in [-0.25, -0.2) is 12.6 Å². The van der Waals surface area contributed by atoms with Crippen LogP contribution in [0.5, 0.6) is 0 Å². The Labute approximate surface area is 120 Å². The first-order valence-corrected chi connectivity index (χ1v) is 9.05. The van der Waals surface area contributed by atoms with Gasteiger partial charge in [-0.1, -0.05) is 38.0 Å². The average molecular weight is 324 g/mol. The summed E-state index contributed by atoms with van der Waals surface area (Å²) in [4.78, 5) is 0.0852. The Hall–Kier alpha value is -0.960. The van der Waals surface area contributed by atoms with E-state index in [0.717, 1.165) is 5.56 Å². The number of rotatable bonds is 5. The van der Waals surface area contributed by atoms with Gasteiger partial charge in [0, 0.05) is 0 Å². The van der Waals surface area contributed by atoms with Crippen LogP contribution in [0, 0.1) is 6.92 Å². The first-order valence-electron chi connectivity index (χ1n) is 6.03. The molecule has 0 aliphatic carbocycles. The Bertz CT molecular complexity index is 587. The van der Waals surface area contributed by atoms with Gasteiger partial charge in [0.05, 0.1) is 17.3 Å². The van der Waals surface area contributed by atoms with E-state index in [1.807, 2.05) is 6.92 Å². The van der Waals surface area contributed by atoms with Gasteiger partial charge in [-0.3, -0.25) is 4.55 Å². The fourth-order valence-electron chi connectivity index (χ4n) is 1.11. The van der Waals surface area contributed by atoms with Crippen molar-refractivity contribution in [3.8, 4) is 0 Å². The van der Waals surface area contributed by atoms with Gasteiger partial charge in [-0.15, -0.1) is 0 Å². The quantitative estimate of drug-likeness (QED) is 0.832. The van der Waals surface area contributed by atoms with E-state index < -0.39 is 32.6 Å². The molecule has 0 fully saturated rings. The molecule has 0 radical (unpaired) electrons. The summed E-state index contributed by atoms with van der Waals surface area (Å²) in [5.41, 5.74) is 0.915. The van der Waals surface area contributed by atoms with Crippen LogP contribution in [0.4, 0.5) is 0 Å². The van der Waals surface area contributed by atoms with E-state index in [9.17, 15) is 16.8 Å². The summed E-state index contributed by atoms with van der Waals surface area (Å²) < 4.78 is 56.1. The van der Waals surface area contributed by atoms with Crippen LogP contribution >= 0.6 is 0 Å². The second kappa shape index (κ2) is 8.35. The molecule has 0 amide bonds. The van der Waals surface area contributed by atoms with E-state index in [-0.39, 0.29) is 4.90 Å².